The molecule has 14 heavy (non-hydrogen) atoms. The van der Waals surface area contributed by atoms with Crippen LogP contribution >= 0.6 is 0 Å². The summed E-state index contributed by atoms with van der Waals surface area (Å²) < 4.78 is 15.8. The number of ether oxygens (including phenoxy) is 1. The molecule has 1 unspecified atom stereocenters. The van der Waals surface area contributed by atoms with E-state index >= 15 is 0 Å². The first-order valence-electron chi connectivity index (χ1n) is 4.51. The molecule has 0 rings (SSSR count). The van der Waals surface area contributed by atoms with Crippen LogP contribution < -0.4 is 5.73 Å². The van der Waals surface area contributed by atoms with E-state index in [1.165, 1.54) is 0 Å². The summed E-state index contributed by atoms with van der Waals surface area (Å²) in [6, 6.07) is -0.668. The molecule has 2 N–H and O–H groups in total. The minimum atomic E-state index is -0.914. The fourth-order valence-corrected chi connectivity index (χ4v) is 1.37. The highest BCUT2D eigenvalue weighted by Crippen LogP contribution is 2.08. The van der Waals surface area contributed by atoms with Gasteiger partial charge < -0.3 is 10.5 Å². The molecule has 4 nitrogen and oxygen atoms in total. The van der Waals surface area contributed by atoms with Gasteiger partial charge in [0.25, 0.3) is 0 Å². The molecule has 0 aromatic carbocycles. The molecule has 0 saturated heterocycles. The van der Waals surface area contributed by atoms with E-state index < -0.39 is 28.4 Å². The van der Waals surface area contributed by atoms with Crippen molar-refractivity contribution in [3.8, 4) is 0 Å². The summed E-state index contributed by atoms with van der Waals surface area (Å²) >= 11 is 0. The van der Waals surface area contributed by atoms with Gasteiger partial charge in [-0.1, -0.05) is 0 Å². The minimum absolute atomic E-state index is 0.401. The first-order valence-corrected chi connectivity index (χ1v) is 6.23. The second-order valence-corrected chi connectivity index (χ2v) is 5.76. The predicted octanol–water partition coefficient (Wildman–Crippen LogP) is 0.424. The van der Waals surface area contributed by atoms with Crippen molar-refractivity contribution < 1.29 is 13.7 Å². The highest BCUT2D eigenvalue weighted by molar-refractivity contribution is 7.84. The highest BCUT2D eigenvalue weighted by Gasteiger charge is 2.21. The van der Waals surface area contributed by atoms with Crippen molar-refractivity contribution >= 4 is 16.8 Å². The number of esters is 1. The van der Waals surface area contributed by atoms with Crippen LogP contribution in [0.3, 0.4) is 0 Å². The van der Waals surface area contributed by atoms with Crippen molar-refractivity contribution in [2.75, 3.05) is 12.0 Å². The molecule has 0 aliphatic heterocycles. The van der Waals surface area contributed by atoms with E-state index in [9.17, 15) is 9.00 Å². The summed E-state index contributed by atoms with van der Waals surface area (Å²) in [5, 5.41) is 0. The molecule has 0 heterocycles. The minimum Gasteiger partial charge on any atom is -0.459 e. The van der Waals surface area contributed by atoms with Gasteiger partial charge in [0.05, 0.1) is 0 Å². The lowest BCUT2D eigenvalue weighted by atomic mass is 10.2. The number of carbonyl (C=O) groups excluding carboxylic acids is 1. The zero-order valence-corrected chi connectivity index (χ0v) is 10.0. The Bertz CT molecular complexity index is 223. The maximum Gasteiger partial charge on any atom is 0.323 e. The SMILES string of the molecule is CS(=O)CC[C@H](N)C(=O)OC(C)(C)C. The molecule has 0 aliphatic rings. The Kier molecular flexibility index (Phi) is 5.29. The van der Waals surface area contributed by atoms with Crippen LogP contribution in [0.2, 0.25) is 0 Å². The first kappa shape index (κ1) is 13.6. The lowest BCUT2D eigenvalue weighted by Crippen LogP contribution is -2.38. The predicted molar refractivity (Wildman–Crippen MR) is 57.4 cm³/mol. The van der Waals surface area contributed by atoms with Crippen LogP contribution in [0.1, 0.15) is 27.2 Å². The fourth-order valence-electron chi connectivity index (χ4n) is 0.788. The smallest absolute Gasteiger partial charge is 0.323 e. The Morgan fingerprint density at radius 1 is 1.50 bits per heavy atom. The second-order valence-electron chi connectivity index (χ2n) is 4.21. The summed E-state index contributed by atoms with van der Waals surface area (Å²) in [6.45, 7) is 5.36. The van der Waals surface area contributed by atoms with Crippen molar-refractivity contribution in [3.05, 3.63) is 0 Å². The summed E-state index contributed by atoms with van der Waals surface area (Å²) in [7, 11) is -0.914. The van der Waals surface area contributed by atoms with E-state index in [-0.39, 0.29) is 0 Å². The van der Waals surface area contributed by atoms with E-state index in [1.807, 2.05) is 0 Å². The second kappa shape index (κ2) is 5.46. The maximum atomic E-state index is 11.3. The summed E-state index contributed by atoms with van der Waals surface area (Å²) in [5.74, 6) is 0.00314. The topological polar surface area (TPSA) is 69.4 Å². The molecule has 0 aromatic rings. The normalized spacial score (nSPS) is 16.1. The van der Waals surface area contributed by atoms with Crippen LogP contribution in [-0.4, -0.2) is 33.8 Å². The highest BCUT2D eigenvalue weighted by atomic mass is 32.2. The molecule has 0 fully saturated rings. The lowest BCUT2D eigenvalue weighted by Gasteiger charge is -2.21. The molecule has 0 radical (unpaired) electrons. The standard InChI is InChI=1S/C9H19NO3S/c1-9(2,3)13-8(11)7(10)5-6-14(4)12/h7H,5-6,10H2,1-4H3/t7-,14?/m0/s1. The molecule has 0 amide bonds. The van der Waals surface area contributed by atoms with Crippen LogP contribution in [0.15, 0.2) is 0 Å². The number of carbonyl (C=O) groups is 1. The molecule has 0 aromatic heterocycles. The van der Waals surface area contributed by atoms with Gasteiger partial charge in [-0.25, -0.2) is 0 Å². The van der Waals surface area contributed by atoms with Gasteiger partial charge in [0.1, 0.15) is 11.6 Å². The van der Waals surface area contributed by atoms with Gasteiger partial charge in [-0.05, 0) is 27.2 Å². The van der Waals surface area contributed by atoms with Gasteiger partial charge >= 0.3 is 5.97 Å². The molecular formula is C9H19NO3S. The average Bonchev–Trinajstić information content (AvgIpc) is 1.96. The fraction of sp³-hybridized carbons (Fsp3) is 0.889. The van der Waals surface area contributed by atoms with Crippen LogP contribution in [0.25, 0.3) is 0 Å². The molecule has 0 bridgehead atoms. The molecule has 0 saturated carbocycles. The Labute approximate surface area is 87.6 Å². The van der Waals surface area contributed by atoms with Gasteiger partial charge in [-0.15, -0.1) is 0 Å². The third-order valence-electron chi connectivity index (χ3n) is 1.43. The number of hydrogen-bond donors (Lipinski definition) is 1. The van der Waals surface area contributed by atoms with E-state index in [0.717, 1.165) is 0 Å². The van der Waals surface area contributed by atoms with Crippen LogP contribution in [-0.2, 0) is 20.3 Å². The summed E-state index contributed by atoms with van der Waals surface area (Å²) in [5.41, 5.74) is 5.05. The maximum absolute atomic E-state index is 11.3. The summed E-state index contributed by atoms with van der Waals surface area (Å²) in [6.07, 6.45) is 1.99. The Hall–Kier alpha value is -0.420. The van der Waals surface area contributed by atoms with Crippen LogP contribution in [0.5, 0.6) is 0 Å². The molecular weight excluding hydrogens is 202 g/mol. The van der Waals surface area contributed by atoms with Gasteiger partial charge in [-0.3, -0.25) is 9.00 Å². The van der Waals surface area contributed by atoms with Crippen molar-refractivity contribution in [1.82, 2.24) is 0 Å². The third-order valence-corrected chi connectivity index (χ3v) is 2.24. The van der Waals surface area contributed by atoms with E-state index in [2.05, 4.69) is 0 Å². The molecule has 0 spiro atoms. The summed E-state index contributed by atoms with van der Waals surface area (Å²) in [4.78, 5) is 11.3. The van der Waals surface area contributed by atoms with Crippen molar-refractivity contribution in [1.29, 1.82) is 0 Å². The van der Waals surface area contributed by atoms with Gasteiger partial charge in [0.15, 0.2) is 0 Å². The van der Waals surface area contributed by atoms with Crippen LogP contribution in [0.4, 0.5) is 0 Å². The zero-order valence-electron chi connectivity index (χ0n) is 9.20. The number of nitrogens with two attached hydrogens (primary N) is 1. The Morgan fingerprint density at radius 2 is 2.00 bits per heavy atom. The van der Waals surface area contributed by atoms with Gasteiger partial charge in [0.2, 0.25) is 0 Å². The van der Waals surface area contributed by atoms with E-state index in [1.54, 1.807) is 27.0 Å². The average molecular weight is 221 g/mol. The van der Waals surface area contributed by atoms with E-state index in [4.69, 9.17) is 10.5 Å². The Balaban J connectivity index is 3.94. The van der Waals surface area contributed by atoms with Gasteiger partial charge in [-0.2, -0.15) is 0 Å². The van der Waals surface area contributed by atoms with Crippen molar-refractivity contribution in [3.63, 3.8) is 0 Å². The number of rotatable bonds is 4. The molecule has 2 atom stereocenters. The van der Waals surface area contributed by atoms with Crippen LogP contribution in [0, 0.1) is 0 Å². The quantitative estimate of drug-likeness (QED) is 0.699. The van der Waals surface area contributed by atoms with Crippen molar-refractivity contribution in [2.45, 2.75) is 38.8 Å². The monoisotopic (exact) mass is 221 g/mol. The Morgan fingerprint density at radius 3 is 2.36 bits per heavy atom. The van der Waals surface area contributed by atoms with Crippen molar-refractivity contribution in [2.24, 2.45) is 5.73 Å². The molecule has 0 aliphatic carbocycles. The molecule has 84 valence electrons. The third kappa shape index (κ3) is 7.03. The largest absolute Gasteiger partial charge is 0.459 e. The van der Waals surface area contributed by atoms with E-state index in [0.29, 0.717) is 12.2 Å². The first-order chi connectivity index (χ1) is 6.22. The zero-order chi connectivity index (χ0) is 11.4. The van der Waals surface area contributed by atoms with Gasteiger partial charge in [0, 0.05) is 22.8 Å². The molecule has 5 heteroatoms. The number of hydrogen-bond acceptors (Lipinski definition) is 4. The lowest BCUT2D eigenvalue weighted by molar-refractivity contribution is -0.156.